The first-order chi connectivity index (χ1) is 13.1. The first-order valence-electron chi connectivity index (χ1n) is 8.01. The van der Waals surface area contributed by atoms with E-state index < -0.39 is 5.91 Å². The lowest BCUT2D eigenvalue weighted by atomic mass is 10.1. The van der Waals surface area contributed by atoms with Gasteiger partial charge in [0, 0.05) is 5.56 Å². The number of aromatic amines is 1. The van der Waals surface area contributed by atoms with Gasteiger partial charge in [0.05, 0.1) is 26.1 Å². The molecule has 0 fully saturated rings. The van der Waals surface area contributed by atoms with Crippen LogP contribution in [-0.4, -0.2) is 41.6 Å². The highest BCUT2D eigenvalue weighted by atomic mass is 16.5. The summed E-state index contributed by atoms with van der Waals surface area (Å²) in [5, 5.41) is 20.4. The molecule has 3 rings (SSSR count). The molecule has 0 aliphatic rings. The molecule has 0 saturated carbocycles. The third kappa shape index (κ3) is 4.24. The van der Waals surface area contributed by atoms with Crippen molar-refractivity contribution < 1.29 is 19.4 Å². The normalized spacial score (nSPS) is 10.7. The quantitative estimate of drug-likeness (QED) is 0.459. The van der Waals surface area contributed by atoms with E-state index in [1.807, 2.05) is 24.3 Å². The SMILES string of the molecule is COc1ccc(-c2cc(C(=O)N/N=C\c3ccc(OC)c(O)c3)[nH]n2)cc1. The van der Waals surface area contributed by atoms with Crippen LogP contribution in [0.2, 0.25) is 0 Å². The number of amides is 1. The van der Waals surface area contributed by atoms with E-state index in [4.69, 9.17) is 9.47 Å². The van der Waals surface area contributed by atoms with Gasteiger partial charge >= 0.3 is 0 Å². The summed E-state index contributed by atoms with van der Waals surface area (Å²) in [4.78, 5) is 12.2. The van der Waals surface area contributed by atoms with Gasteiger partial charge in [0.2, 0.25) is 0 Å². The predicted octanol–water partition coefficient (Wildman–Crippen LogP) is 2.56. The molecular weight excluding hydrogens is 348 g/mol. The molecule has 138 valence electrons. The van der Waals surface area contributed by atoms with E-state index in [0.29, 0.717) is 17.0 Å². The molecular formula is C19H18N4O4. The van der Waals surface area contributed by atoms with Crippen molar-refractivity contribution in [3.63, 3.8) is 0 Å². The smallest absolute Gasteiger partial charge is 0.289 e. The number of nitrogens with one attached hydrogen (secondary N) is 2. The lowest BCUT2D eigenvalue weighted by Gasteiger charge is -2.03. The van der Waals surface area contributed by atoms with Crippen molar-refractivity contribution in [1.82, 2.24) is 15.6 Å². The Morgan fingerprint density at radius 1 is 1.15 bits per heavy atom. The Balaban J connectivity index is 1.64. The van der Waals surface area contributed by atoms with E-state index >= 15 is 0 Å². The van der Waals surface area contributed by atoms with Gasteiger partial charge in [-0.1, -0.05) is 0 Å². The largest absolute Gasteiger partial charge is 0.504 e. The van der Waals surface area contributed by atoms with Crippen LogP contribution in [0.3, 0.4) is 0 Å². The summed E-state index contributed by atoms with van der Waals surface area (Å²) in [6.45, 7) is 0. The van der Waals surface area contributed by atoms with Gasteiger partial charge in [-0.25, -0.2) is 5.43 Å². The number of carbonyl (C=O) groups is 1. The van der Waals surface area contributed by atoms with Crippen molar-refractivity contribution in [1.29, 1.82) is 0 Å². The molecule has 3 N–H and O–H groups in total. The van der Waals surface area contributed by atoms with Crippen LogP contribution in [0.25, 0.3) is 11.3 Å². The summed E-state index contributed by atoms with van der Waals surface area (Å²) >= 11 is 0. The van der Waals surface area contributed by atoms with Gasteiger partial charge in [0.15, 0.2) is 11.5 Å². The van der Waals surface area contributed by atoms with Crippen molar-refractivity contribution in [2.24, 2.45) is 5.10 Å². The van der Waals surface area contributed by atoms with Gasteiger partial charge in [0.25, 0.3) is 5.91 Å². The van der Waals surface area contributed by atoms with Gasteiger partial charge in [-0.15, -0.1) is 0 Å². The fourth-order valence-electron chi connectivity index (χ4n) is 2.36. The van der Waals surface area contributed by atoms with E-state index in [-0.39, 0.29) is 11.4 Å². The van der Waals surface area contributed by atoms with Crippen molar-refractivity contribution in [2.75, 3.05) is 14.2 Å². The number of phenols is 1. The number of phenolic OH excluding ortho intramolecular Hbond substituents is 1. The molecule has 0 unspecified atom stereocenters. The van der Waals surface area contributed by atoms with Crippen molar-refractivity contribution in [3.05, 3.63) is 59.8 Å². The van der Waals surface area contributed by atoms with Gasteiger partial charge in [-0.3, -0.25) is 9.89 Å². The number of hydrogen-bond acceptors (Lipinski definition) is 6. The van der Waals surface area contributed by atoms with Gasteiger partial charge < -0.3 is 14.6 Å². The number of aromatic hydroxyl groups is 1. The molecule has 3 aromatic rings. The minimum Gasteiger partial charge on any atom is -0.504 e. The lowest BCUT2D eigenvalue weighted by molar-refractivity contribution is 0.0950. The summed E-state index contributed by atoms with van der Waals surface area (Å²) in [5.41, 5.74) is 4.77. The van der Waals surface area contributed by atoms with Gasteiger partial charge in [-0.05, 0) is 54.1 Å². The van der Waals surface area contributed by atoms with Crippen molar-refractivity contribution in [3.8, 4) is 28.5 Å². The molecule has 1 aromatic heterocycles. The second-order valence-corrected chi connectivity index (χ2v) is 5.53. The lowest BCUT2D eigenvalue weighted by Crippen LogP contribution is -2.17. The third-order valence-electron chi connectivity index (χ3n) is 3.79. The molecule has 8 nitrogen and oxygen atoms in total. The number of H-pyrrole nitrogens is 1. The Morgan fingerprint density at radius 3 is 2.59 bits per heavy atom. The molecule has 0 aliphatic carbocycles. The molecule has 0 aliphatic heterocycles. The monoisotopic (exact) mass is 366 g/mol. The molecule has 27 heavy (non-hydrogen) atoms. The van der Waals surface area contributed by atoms with E-state index in [9.17, 15) is 9.90 Å². The molecule has 0 spiro atoms. The number of hydrogen-bond donors (Lipinski definition) is 3. The van der Waals surface area contributed by atoms with Gasteiger partial charge in [0.1, 0.15) is 11.4 Å². The second kappa shape index (κ2) is 8.05. The summed E-state index contributed by atoms with van der Waals surface area (Å²) < 4.78 is 10.1. The van der Waals surface area contributed by atoms with Crippen LogP contribution in [0.4, 0.5) is 0 Å². The van der Waals surface area contributed by atoms with Crippen LogP contribution in [0, 0.1) is 0 Å². The van der Waals surface area contributed by atoms with E-state index in [2.05, 4.69) is 20.7 Å². The van der Waals surface area contributed by atoms with Crippen LogP contribution in [0.5, 0.6) is 17.2 Å². The third-order valence-corrected chi connectivity index (χ3v) is 3.79. The molecule has 2 aromatic carbocycles. The number of hydrazone groups is 1. The second-order valence-electron chi connectivity index (χ2n) is 5.53. The van der Waals surface area contributed by atoms with Crippen LogP contribution >= 0.6 is 0 Å². The maximum Gasteiger partial charge on any atom is 0.289 e. The molecule has 8 heteroatoms. The predicted molar refractivity (Wildman–Crippen MR) is 100 cm³/mol. The molecule has 0 atom stereocenters. The number of aromatic nitrogens is 2. The highest BCUT2D eigenvalue weighted by molar-refractivity contribution is 5.94. The summed E-state index contributed by atoms with van der Waals surface area (Å²) in [6, 6.07) is 13.8. The van der Waals surface area contributed by atoms with Crippen molar-refractivity contribution >= 4 is 12.1 Å². The maximum atomic E-state index is 12.2. The van der Waals surface area contributed by atoms with Crippen LogP contribution < -0.4 is 14.9 Å². The first kappa shape index (κ1) is 18.0. The summed E-state index contributed by atoms with van der Waals surface area (Å²) in [7, 11) is 3.06. The van der Waals surface area contributed by atoms with Crippen LogP contribution in [0.1, 0.15) is 16.1 Å². The Bertz CT molecular complexity index is 964. The Hall–Kier alpha value is -3.81. The number of rotatable bonds is 6. The minimum absolute atomic E-state index is 0.00882. The van der Waals surface area contributed by atoms with Crippen LogP contribution in [0.15, 0.2) is 53.6 Å². The number of carbonyl (C=O) groups excluding carboxylic acids is 1. The molecule has 0 bridgehead atoms. The van der Waals surface area contributed by atoms with Gasteiger partial charge in [-0.2, -0.15) is 10.2 Å². The van der Waals surface area contributed by atoms with E-state index in [1.165, 1.54) is 19.4 Å². The number of benzene rings is 2. The zero-order valence-electron chi connectivity index (χ0n) is 14.8. The van der Waals surface area contributed by atoms with E-state index in [1.54, 1.807) is 25.3 Å². The Labute approximate surface area is 155 Å². The molecule has 1 amide bonds. The standard InChI is InChI=1S/C19H18N4O4/c1-26-14-6-4-13(5-7-14)15-10-16(22-21-15)19(25)23-20-11-12-3-8-18(27-2)17(24)9-12/h3-11,24H,1-2H3,(H,21,22)(H,23,25)/b20-11-. The molecule has 0 radical (unpaired) electrons. The fraction of sp³-hybridized carbons (Fsp3) is 0.105. The average Bonchev–Trinajstić information content (AvgIpc) is 3.18. The number of ether oxygens (including phenoxy) is 2. The highest BCUT2D eigenvalue weighted by Gasteiger charge is 2.10. The topological polar surface area (TPSA) is 109 Å². The van der Waals surface area contributed by atoms with E-state index in [0.717, 1.165) is 11.3 Å². The Morgan fingerprint density at radius 2 is 1.93 bits per heavy atom. The number of nitrogens with zero attached hydrogens (tertiary/aromatic N) is 2. The zero-order chi connectivity index (χ0) is 19.2. The first-order valence-corrected chi connectivity index (χ1v) is 8.01. The summed E-state index contributed by atoms with van der Waals surface area (Å²) in [5.74, 6) is 0.660. The van der Waals surface area contributed by atoms with Crippen molar-refractivity contribution in [2.45, 2.75) is 0 Å². The molecule has 0 saturated heterocycles. The Kier molecular flexibility index (Phi) is 5.36. The highest BCUT2D eigenvalue weighted by Crippen LogP contribution is 2.25. The zero-order valence-corrected chi connectivity index (χ0v) is 14.8. The molecule has 1 heterocycles. The fourth-order valence-corrected chi connectivity index (χ4v) is 2.36. The van der Waals surface area contributed by atoms with Crippen LogP contribution in [-0.2, 0) is 0 Å². The summed E-state index contributed by atoms with van der Waals surface area (Å²) in [6.07, 6.45) is 1.41. The minimum atomic E-state index is -0.434. The maximum absolute atomic E-state index is 12.2. The average molecular weight is 366 g/mol. The number of methoxy groups -OCH3 is 2.